The van der Waals surface area contributed by atoms with Crippen LogP contribution in [0.1, 0.15) is 27.2 Å². The van der Waals surface area contributed by atoms with Gasteiger partial charge >= 0.3 is 0 Å². The zero-order chi connectivity index (χ0) is 18.5. The Morgan fingerprint density at radius 2 is 1.74 bits per heavy atom. The summed E-state index contributed by atoms with van der Waals surface area (Å²) in [5.74, 6) is 0.0335. The van der Waals surface area contributed by atoms with Gasteiger partial charge in [0.15, 0.2) is 0 Å². The van der Waals surface area contributed by atoms with E-state index in [0.29, 0.717) is 0 Å². The van der Waals surface area contributed by atoms with Gasteiger partial charge in [-0.25, -0.2) is 0 Å². The third-order valence-electron chi connectivity index (χ3n) is 5.03. The van der Waals surface area contributed by atoms with Crippen LogP contribution in [0, 0.1) is 0 Å². The van der Waals surface area contributed by atoms with Crippen LogP contribution in [0.5, 0.6) is 0 Å². The summed E-state index contributed by atoms with van der Waals surface area (Å²) in [6, 6.07) is 22.8. The number of benzene rings is 2. The predicted molar refractivity (Wildman–Crippen MR) is 112 cm³/mol. The number of fused-ring (bicyclic) bond motifs is 1. The van der Waals surface area contributed by atoms with Gasteiger partial charge in [-0.1, -0.05) is 54.6 Å². The van der Waals surface area contributed by atoms with Crippen molar-refractivity contribution < 1.29 is 4.79 Å². The second-order valence-corrected chi connectivity index (χ2v) is 8.02. The summed E-state index contributed by atoms with van der Waals surface area (Å²) in [6.45, 7) is 3.87. The highest BCUT2D eigenvalue weighted by molar-refractivity contribution is 7.17. The SMILES string of the molecule is O=C(NCCCN1CCc2ccccc2C1)c1ccc(-c2ccccc2)s1. The van der Waals surface area contributed by atoms with E-state index in [-0.39, 0.29) is 5.91 Å². The topological polar surface area (TPSA) is 32.3 Å². The molecule has 0 spiro atoms. The van der Waals surface area contributed by atoms with Crippen LogP contribution < -0.4 is 5.32 Å². The molecule has 0 saturated carbocycles. The molecule has 0 atom stereocenters. The zero-order valence-electron chi connectivity index (χ0n) is 15.4. The van der Waals surface area contributed by atoms with Crippen molar-refractivity contribution >= 4 is 17.2 Å². The van der Waals surface area contributed by atoms with Crippen molar-refractivity contribution in [3.05, 3.63) is 82.7 Å². The minimum absolute atomic E-state index is 0.0335. The van der Waals surface area contributed by atoms with Crippen LogP contribution in [0.15, 0.2) is 66.7 Å². The van der Waals surface area contributed by atoms with Gasteiger partial charge in [-0.2, -0.15) is 0 Å². The van der Waals surface area contributed by atoms with Gasteiger partial charge in [0.05, 0.1) is 4.88 Å². The van der Waals surface area contributed by atoms with E-state index in [0.717, 1.165) is 54.3 Å². The number of carbonyl (C=O) groups is 1. The van der Waals surface area contributed by atoms with E-state index in [9.17, 15) is 4.79 Å². The summed E-state index contributed by atoms with van der Waals surface area (Å²) < 4.78 is 0. The number of carbonyl (C=O) groups excluding carboxylic acids is 1. The maximum Gasteiger partial charge on any atom is 0.261 e. The largest absolute Gasteiger partial charge is 0.351 e. The highest BCUT2D eigenvalue weighted by Gasteiger charge is 2.15. The molecule has 1 N–H and O–H groups in total. The van der Waals surface area contributed by atoms with Crippen LogP contribution in [0.2, 0.25) is 0 Å². The number of rotatable bonds is 6. The van der Waals surface area contributed by atoms with E-state index in [2.05, 4.69) is 46.6 Å². The summed E-state index contributed by atoms with van der Waals surface area (Å²) >= 11 is 1.55. The summed E-state index contributed by atoms with van der Waals surface area (Å²) in [7, 11) is 0. The molecule has 1 aliphatic rings. The molecule has 0 radical (unpaired) electrons. The van der Waals surface area contributed by atoms with Crippen LogP contribution in [-0.4, -0.2) is 30.4 Å². The lowest BCUT2D eigenvalue weighted by Gasteiger charge is -2.28. The number of hydrogen-bond acceptors (Lipinski definition) is 3. The van der Waals surface area contributed by atoms with Gasteiger partial charge in [0.25, 0.3) is 5.91 Å². The van der Waals surface area contributed by atoms with Gasteiger partial charge < -0.3 is 5.32 Å². The molecule has 27 heavy (non-hydrogen) atoms. The van der Waals surface area contributed by atoms with Gasteiger partial charge in [0.2, 0.25) is 0 Å². The molecule has 4 heteroatoms. The Morgan fingerprint density at radius 3 is 2.59 bits per heavy atom. The Hall–Kier alpha value is -2.43. The van der Waals surface area contributed by atoms with Crippen LogP contribution in [0.25, 0.3) is 10.4 Å². The van der Waals surface area contributed by atoms with Crippen LogP contribution in [0.3, 0.4) is 0 Å². The Balaban J connectivity index is 1.23. The fourth-order valence-electron chi connectivity index (χ4n) is 3.55. The van der Waals surface area contributed by atoms with E-state index >= 15 is 0 Å². The first-order chi connectivity index (χ1) is 13.3. The lowest BCUT2D eigenvalue weighted by molar-refractivity contribution is 0.0955. The smallest absolute Gasteiger partial charge is 0.261 e. The number of amides is 1. The van der Waals surface area contributed by atoms with Crippen molar-refractivity contribution in [2.45, 2.75) is 19.4 Å². The third-order valence-corrected chi connectivity index (χ3v) is 6.17. The molecular weight excluding hydrogens is 352 g/mol. The molecule has 1 aliphatic heterocycles. The molecule has 3 nitrogen and oxygen atoms in total. The minimum Gasteiger partial charge on any atom is -0.351 e. The molecule has 2 heterocycles. The van der Waals surface area contributed by atoms with E-state index in [1.165, 1.54) is 11.1 Å². The number of hydrogen-bond donors (Lipinski definition) is 1. The van der Waals surface area contributed by atoms with E-state index in [1.807, 2.05) is 30.3 Å². The average molecular weight is 377 g/mol. The van der Waals surface area contributed by atoms with Crippen LogP contribution in [0.4, 0.5) is 0 Å². The Morgan fingerprint density at radius 1 is 0.963 bits per heavy atom. The summed E-state index contributed by atoms with van der Waals surface area (Å²) in [5, 5.41) is 3.07. The van der Waals surface area contributed by atoms with Crippen molar-refractivity contribution in [2.24, 2.45) is 0 Å². The Bertz CT molecular complexity index is 904. The van der Waals surface area contributed by atoms with Crippen molar-refractivity contribution in [1.29, 1.82) is 0 Å². The molecule has 1 aromatic heterocycles. The predicted octanol–water partition coefficient (Wildman–Crippen LogP) is 4.59. The van der Waals surface area contributed by atoms with Crippen LogP contribution in [-0.2, 0) is 13.0 Å². The molecule has 1 amide bonds. The lowest BCUT2D eigenvalue weighted by atomic mass is 10.00. The lowest BCUT2D eigenvalue weighted by Crippen LogP contribution is -2.33. The molecule has 0 aliphatic carbocycles. The van der Waals surface area contributed by atoms with Gasteiger partial charge in [0, 0.05) is 31.1 Å². The van der Waals surface area contributed by atoms with Gasteiger partial charge in [-0.15, -0.1) is 11.3 Å². The molecule has 138 valence electrons. The van der Waals surface area contributed by atoms with Crippen molar-refractivity contribution in [1.82, 2.24) is 10.2 Å². The minimum atomic E-state index is 0.0335. The molecule has 3 aromatic rings. The Kier molecular flexibility index (Phi) is 5.66. The molecule has 0 fully saturated rings. The van der Waals surface area contributed by atoms with Crippen LogP contribution >= 0.6 is 11.3 Å². The standard InChI is InChI=1S/C23H24N2OS/c26-23(22-12-11-21(27-22)19-8-2-1-3-9-19)24-14-6-15-25-16-13-18-7-4-5-10-20(18)17-25/h1-5,7-12H,6,13-17H2,(H,24,26). The second-order valence-electron chi connectivity index (χ2n) is 6.93. The summed E-state index contributed by atoms with van der Waals surface area (Å²) in [5.41, 5.74) is 4.08. The Labute approximate surface area is 164 Å². The zero-order valence-corrected chi connectivity index (χ0v) is 16.2. The summed E-state index contributed by atoms with van der Waals surface area (Å²) in [4.78, 5) is 16.8. The molecular formula is C23H24N2OS. The fraction of sp³-hybridized carbons (Fsp3) is 0.261. The van der Waals surface area contributed by atoms with Gasteiger partial charge in [-0.05, 0) is 41.7 Å². The molecule has 0 saturated heterocycles. The molecule has 4 rings (SSSR count). The fourth-order valence-corrected chi connectivity index (χ4v) is 4.48. The first kappa shape index (κ1) is 18.0. The maximum atomic E-state index is 12.4. The molecule has 0 unspecified atom stereocenters. The molecule has 2 aromatic carbocycles. The van der Waals surface area contributed by atoms with E-state index in [4.69, 9.17) is 0 Å². The van der Waals surface area contributed by atoms with Gasteiger partial charge in [0.1, 0.15) is 0 Å². The normalized spacial score (nSPS) is 13.9. The number of thiophene rings is 1. The highest BCUT2D eigenvalue weighted by Crippen LogP contribution is 2.27. The first-order valence-electron chi connectivity index (χ1n) is 9.52. The van der Waals surface area contributed by atoms with Gasteiger partial charge in [-0.3, -0.25) is 9.69 Å². The third kappa shape index (κ3) is 4.46. The summed E-state index contributed by atoms with van der Waals surface area (Å²) in [6.07, 6.45) is 2.10. The van der Waals surface area contributed by atoms with Crippen molar-refractivity contribution in [3.63, 3.8) is 0 Å². The average Bonchev–Trinajstić information content (AvgIpc) is 3.22. The van der Waals surface area contributed by atoms with E-state index < -0.39 is 0 Å². The number of nitrogens with one attached hydrogen (secondary N) is 1. The second kappa shape index (κ2) is 8.51. The number of nitrogens with zero attached hydrogens (tertiary/aromatic N) is 1. The maximum absolute atomic E-state index is 12.4. The molecule has 0 bridgehead atoms. The monoisotopic (exact) mass is 376 g/mol. The quantitative estimate of drug-likeness (QED) is 0.638. The van der Waals surface area contributed by atoms with E-state index in [1.54, 1.807) is 11.3 Å². The van der Waals surface area contributed by atoms with Crippen molar-refractivity contribution in [2.75, 3.05) is 19.6 Å². The highest BCUT2D eigenvalue weighted by atomic mass is 32.1. The first-order valence-corrected chi connectivity index (χ1v) is 10.3. The van der Waals surface area contributed by atoms with Crippen molar-refractivity contribution in [3.8, 4) is 10.4 Å².